The molecule has 0 unspecified atom stereocenters. The van der Waals surface area contributed by atoms with Gasteiger partial charge in [-0.25, -0.2) is 9.07 Å². The summed E-state index contributed by atoms with van der Waals surface area (Å²) in [5, 5.41) is 15.3. The smallest absolute Gasteiger partial charge is 0.243 e. The second kappa shape index (κ2) is 9.32. The predicted molar refractivity (Wildman–Crippen MR) is 102 cm³/mol. The molecule has 0 radical (unpaired) electrons. The van der Waals surface area contributed by atoms with Gasteiger partial charge in [0.1, 0.15) is 18.2 Å². The largest absolute Gasteiger partial charge is 0.489 e. The van der Waals surface area contributed by atoms with Crippen molar-refractivity contribution in [2.75, 3.05) is 5.32 Å². The molecular weight excluding hydrogens is 369 g/mol. The Kier molecular flexibility index (Phi) is 6.59. The van der Waals surface area contributed by atoms with E-state index in [1.807, 2.05) is 24.3 Å². The number of ether oxygens (including phenoxy) is 1. The standard InChI is InChI=1S/C19H21ClFN5O/c1-2-3-9-26-19(23-24-25-26)22-12-14-5-4-6-17(10-14)27-13-15-7-8-16(21)11-18(15)20/h4-8,10-11H,2-3,9,12-13H2,1H3,(H,22,23,25). The predicted octanol–water partition coefficient (Wildman–Crippen LogP) is 4.46. The molecule has 1 aromatic heterocycles. The molecule has 0 saturated heterocycles. The van der Waals surface area contributed by atoms with Crippen LogP contribution in [0.5, 0.6) is 5.75 Å². The number of tetrazole rings is 1. The van der Waals surface area contributed by atoms with Gasteiger partial charge in [-0.15, -0.1) is 0 Å². The lowest BCUT2D eigenvalue weighted by atomic mass is 10.2. The number of rotatable bonds is 9. The zero-order valence-corrected chi connectivity index (χ0v) is 15.8. The van der Waals surface area contributed by atoms with Gasteiger partial charge in [-0.1, -0.05) is 48.2 Å². The molecule has 0 aliphatic carbocycles. The molecule has 6 nitrogen and oxygen atoms in total. The van der Waals surface area contributed by atoms with Crippen LogP contribution >= 0.6 is 11.6 Å². The summed E-state index contributed by atoms with van der Waals surface area (Å²) >= 11 is 6.03. The fourth-order valence-corrected chi connectivity index (χ4v) is 2.74. The number of nitrogens with zero attached hydrogens (tertiary/aromatic N) is 4. The molecular formula is C19H21ClFN5O. The Balaban J connectivity index is 1.58. The van der Waals surface area contributed by atoms with E-state index in [9.17, 15) is 4.39 Å². The molecule has 27 heavy (non-hydrogen) atoms. The molecule has 8 heteroatoms. The number of nitrogens with one attached hydrogen (secondary N) is 1. The third kappa shape index (κ3) is 5.40. The van der Waals surface area contributed by atoms with E-state index in [1.54, 1.807) is 10.7 Å². The molecule has 142 valence electrons. The van der Waals surface area contributed by atoms with Crippen LogP contribution in [0, 0.1) is 5.82 Å². The van der Waals surface area contributed by atoms with Gasteiger partial charge in [0, 0.05) is 18.7 Å². The van der Waals surface area contributed by atoms with Crippen molar-refractivity contribution in [1.82, 2.24) is 20.2 Å². The minimum atomic E-state index is -0.363. The van der Waals surface area contributed by atoms with Crippen molar-refractivity contribution in [1.29, 1.82) is 0 Å². The highest BCUT2D eigenvalue weighted by Gasteiger charge is 2.06. The Hall–Kier alpha value is -2.67. The molecule has 1 N–H and O–H groups in total. The van der Waals surface area contributed by atoms with Crippen LogP contribution in [0.15, 0.2) is 42.5 Å². The monoisotopic (exact) mass is 389 g/mol. The number of unbranched alkanes of at least 4 members (excludes halogenated alkanes) is 1. The summed E-state index contributed by atoms with van der Waals surface area (Å²) in [5.74, 6) is 0.992. The molecule has 0 amide bonds. The number of aromatic nitrogens is 4. The molecule has 0 bridgehead atoms. The molecule has 3 rings (SSSR count). The van der Waals surface area contributed by atoms with E-state index in [4.69, 9.17) is 16.3 Å². The molecule has 0 atom stereocenters. The molecule has 0 aliphatic rings. The highest BCUT2D eigenvalue weighted by atomic mass is 35.5. The summed E-state index contributed by atoms with van der Waals surface area (Å²) < 4.78 is 20.7. The molecule has 2 aromatic carbocycles. The van der Waals surface area contributed by atoms with Gasteiger partial charge in [0.05, 0.1) is 5.02 Å². The second-order valence-corrected chi connectivity index (χ2v) is 6.51. The zero-order chi connectivity index (χ0) is 19.1. The van der Waals surface area contributed by atoms with Gasteiger partial charge in [0.2, 0.25) is 5.95 Å². The number of benzene rings is 2. The molecule has 0 saturated carbocycles. The van der Waals surface area contributed by atoms with E-state index in [-0.39, 0.29) is 12.4 Å². The normalized spacial score (nSPS) is 10.8. The van der Waals surface area contributed by atoms with Crippen LogP contribution in [-0.4, -0.2) is 20.2 Å². The summed E-state index contributed by atoms with van der Waals surface area (Å²) in [5.41, 5.74) is 1.76. The highest BCUT2D eigenvalue weighted by Crippen LogP contribution is 2.21. The Morgan fingerprint density at radius 1 is 1.22 bits per heavy atom. The van der Waals surface area contributed by atoms with E-state index in [2.05, 4.69) is 27.8 Å². The van der Waals surface area contributed by atoms with Crippen molar-refractivity contribution in [3.8, 4) is 5.75 Å². The van der Waals surface area contributed by atoms with E-state index < -0.39 is 0 Å². The van der Waals surface area contributed by atoms with Crippen LogP contribution in [0.4, 0.5) is 10.3 Å². The fourth-order valence-electron chi connectivity index (χ4n) is 2.52. The van der Waals surface area contributed by atoms with Crippen molar-refractivity contribution in [3.63, 3.8) is 0 Å². The van der Waals surface area contributed by atoms with Crippen LogP contribution in [0.3, 0.4) is 0 Å². The molecule has 1 heterocycles. The third-order valence-electron chi connectivity index (χ3n) is 4.01. The number of aryl methyl sites for hydroxylation is 1. The summed E-state index contributed by atoms with van der Waals surface area (Å²) in [6, 6.07) is 12.0. The third-order valence-corrected chi connectivity index (χ3v) is 4.37. The summed E-state index contributed by atoms with van der Waals surface area (Å²) in [4.78, 5) is 0. The first kappa shape index (κ1) is 19.1. The first-order chi connectivity index (χ1) is 13.2. The van der Waals surface area contributed by atoms with Crippen LogP contribution in [0.25, 0.3) is 0 Å². The van der Waals surface area contributed by atoms with Crippen LogP contribution in [-0.2, 0) is 19.7 Å². The Bertz CT molecular complexity index is 886. The van der Waals surface area contributed by atoms with E-state index >= 15 is 0 Å². The fraction of sp³-hybridized carbons (Fsp3) is 0.316. The quantitative estimate of drug-likeness (QED) is 0.585. The van der Waals surface area contributed by atoms with E-state index in [1.165, 1.54) is 12.1 Å². The number of hydrogen-bond donors (Lipinski definition) is 1. The van der Waals surface area contributed by atoms with Crippen LogP contribution < -0.4 is 10.1 Å². The average molecular weight is 390 g/mol. The maximum atomic E-state index is 13.1. The van der Waals surface area contributed by atoms with Crippen LogP contribution in [0.1, 0.15) is 30.9 Å². The van der Waals surface area contributed by atoms with Crippen molar-refractivity contribution in [2.45, 2.75) is 39.5 Å². The van der Waals surface area contributed by atoms with Gasteiger partial charge >= 0.3 is 0 Å². The highest BCUT2D eigenvalue weighted by molar-refractivity contribution is 6.31. The number of hydrogen-bond acceptors (Lipinski definition) is 5. The molecule has 0 aliphatic heterocycles. The van der Waals surface area contributed by atoms with Crippen LogP contribution in [0.2, 0.25) is 5.02 Å². The average Bonchev–Trinajstić information content (AvgIpc) is 3.12. The zero-order valence-electron chi connectivity index (χ0n) is 15.0. The lowest BCUT2D eigenvalue weighted by Crippen LogP contribution is -2.09. The Labute approximate surface area is 162 Å². The minimum Gasteiger partial charge on any atom is -0.489 e. The van der Waals surface area contributed by atoms with Gasteiger partial charge in [-0.3, -0.25) is 0 Å². The molecule has 0 spiro atoms. The van der Waals surface area contributed by atoms with Crippen molar-refractivity contribution >= 4 is 17.5 Å². The Morgan fingerprint density at radius 3 is 2.93 bits per heavy atom. The van der Waals surface area contributed by atoms with Crippen molar-refractivity contribution in [2.24, 2.45) is 0 Å². The molecule has 0 fully saturated rings. The maximum absolute atomic E-state index is 13.1. The topological polar surface area (TPSA) is 64.9 Å². The Morgan fingerprint density at radius 2 is 2.11 bits per heavy atom. The number of halogens is 2. The van der Waals surface area contributed by atoms with Crippen molar-refractivity contribution in [3.05, 3.63) is 64.4 Å². The summed E-state index contributed by atoms with van der Waals surface area (Å²) in [6.45, 7) is 3.75. The van der Waals surface area contributed by atoms with Gasteiger partial charge in [-0.05, 0) is 46.7 Å². The summed E-state index contributed by atoms with van der Waals surface area (Å²) in [6.07, 6.45) is 2.10. The van der Waals surface area contributed by atoms with Gasteiger partial charge in [-0.2, -0.15) is 0 Å². The van der Waals surface area contributed by atoms with E-state index in [0.717, 1.165) is 30.5 Å². The van der Waals surface area contributed by atoms with E-state index in [0.29, 0.717) is 23.3 Å². The minimum absolute atomic E-state index is 0.269. The van der Waals surface area contributed by atoms with Gasteiger partial charge in [0.15, 0.2) is 0 Å². The van der Waals surface area contributed by atoms with Gasteiger partial charge in [0.25, 0.3) is 0 Å². The van der Waals surface area contributed by atoms with Gasteiger partial charge < -0.3 is 10.1 Å². The maximum Gasteiger partial charge on any atom is 0.243 e. The first-order valence-corrected chi connectivity index (χ1v) is 9.19. The van der Waals surface area contributed by atoms with Crippen molar-refractivity contribution < 1.29 is 9.13 Å². The molecule has 3 aromatic rings. The second-order valence-electron chi connectivity index (χ2n) is 6.10. The first-order valence-electron chi connectivity index (χ1n) is 8.81. The number of anilines is 1. The lowest BCUT2D eigenvalue weighted by Gasteiger charge is -2.10. The SMILES string of the molecule is CCCCn1nnnc1NCc1cccc(OCc2ccc(F)cc2Cl)c1. The lowest BCUT2D eigenvalue weighted by molar-refractivity contribution is 0.306. The summed E-state index contributed by atoms with van der Waals surface area (Å²) in [7, 11) is 0.